The Labute approximate surface area is 168 Å². The van der Waals surface area contributed by atoms with Crippen molar-refractivity contribution in [1.29, 1.82) is 0 Å². The predicted molar refractivity (Wildman–Crippen MR) is 107 cm³/mol. The number of ketones is 1. The summed E-state index contributed by atoms with van der Waals surface area (Å²) < 4.78 is 15.1. The molecule has 2 aromatic heterocycles. The molecule has 0 saturated heterocycles. The highest BCUT2D eigenvalue weighted by atomic mass is 19.1. The van der Waals surface area contributed by atoms with Crippen molar-refractivity contribution in [2.24, 2.45) is 0 Å². The number of nitrogens with zero attached hydrogens (tertiary/aromatic N) is 6. The van der Waals surface area contributed by atoms with Crippen molar-refractivity contribution in [3.63, 3.8) is 0 Å². The molecule has 0 amide bonds. The summed E-state index contributed by atoms with van der Waals surface area (Å²) in [5.74, 6) is 2.36. The van der Waals surface area contributed by atoms with E-state index in [2.05, 4.69) is 40.9 Å². The third-order valence-electron chi connectivity index (χ3n) is 5.20. The van der Waals surface area contributed by atoms with Gasteiger partial charge in [0.2, 0.25) is 0 Å². The summed E-state index contributed by atoms with van der Waals surface area (Å²) in [7, 11) is 0. The number of carbonyl (C=O) groups is 1. The number of aromatic nitrogens is 5. The number of benzene rings is 1. The molecule has 0 radical (unpaired) electrons. The predicted octanol–water partition coefficient (Wildman–Crippen LogP) is 3.61. The molecule has 1 aliphatic heterocycles. The van der Waals surface area contributed by atoms with Crippen LogP contribution in [0, 0.1) is 12.7 Å². The Morgan fingerprint density at radius 3 is 2.59 bits per heavy atom. The van der Waals surface area contributed by atoms with Gasteiger partial charge in [-0.15, -0.1) is 10.2 Å². The summed E-state index contributed by atoms with van der Waals surface area (Å²) >= 11 is 0. The molecular weight excluding hydrogens is 371 g/mol. The number of hydrogen-bond donors (Lipinski definition) is 0. The first-order valence-electron chi connectivity index (χ1n) is 9.76. The second-order valence-corrected chi connectivity index (χ2v) is 7.47. The van der Waals surface area contributed by atoms with E-state index in [-0.39, 0.29) is 30.1 Å². The maximum absolute atomic E-state index is 13.1. The maximum atomic E-state index is 13.1. The lowest BCUT2D eigenvalue weighted by atomic mass is 10.1. The summed E-state index contributed by atoms with van der Waals surface area (Å²) in [5, 5.41) is 8.64. The molecule has 3 aromatic rings. The van der Waals surface area contributed by atoms with Gasteiger partial charge in [-0.05, 0) is 51.5 Å². The van der Waals surface area contributed by atoms with E-state index >= 15 is 0 Å². The lowest BCUT2D eigenvalue weighted by molar-refractivity contribution is 0.0990. The number of carbonyl (C=O) groups excluding carboxylic acids is 1. The molecule has 0 saturated carbocycles. The van der Waals surface area contributed by atoms with E-state index in [0.29, 0.717) is 11.4 Å². The van der Waals surface area contributed by atoms with Crippen LogP contribution in [-0.2, 0) is 6.42 Å². The molecule has 0 unspecified atom stereocenters. The molecule has 4 rings (SSSR count). The van der Waals surface area contributed by atoms with E-state index in [9.17, 15) is 9.18 Å². The molecule has 150 valence electrons. The number of rotatable bonds is 5. The van der Waals surface area contributed by atoms with Crippen LogP contribution < -0.4 is 4.90 Å². The molecule has 7 nitrogen and oxygen atoms in total. The monoisotopic (exact) mass is 394 g/mol. The zero-order valence-corrected chi connectivity index (χ0v) is 16.9. The van der Waals surface area contributed by atoms with Crippen molar-refractivity contribution in [3.8, 4) is 5.69 Å². The van der Waals surface area contributed by atoms with Gasteiger partial charge in [0.25, 0.3) is 0 Å². The van der Waals surface area contributed by atoms with Crippen molar-refractivity contribution in [1.82, 2.24) is 24.7 Å². The van der Waals surface area contributed by atoms with Gasteiger partial charge in [-0.2, -0.15) is 0 Å². The fourth-order valence-corrected chi connectivity index (χ4v) is 3.86. The Hall–Kier alpha value is -3.16. The SMILES string of the molecule is CC[C@@H]1c2nnc(C)n2-c2cnc(CC(=O)c3ccc(F)cc3)nc2N1C(C)C. The van der Waals surface area contributed by atoms with Crippen LogP contribution in [0.2, 0.25) is 0 Å². The Balaban J connectivity index is 1.75. The van der Waals surface area contributed by atoms with Gasteiger partial charge in [-0.1, -0.05) is 6.92 Å². The molecule has 0 spiro atoms. The van der Waals surface area contributed by atoms with E-state index in [4.69, 9.17) is 4.98 Å². The van der Waals surface area contributed by atoms with E-state index in [1.165, 1.54) is 24.3 Å². The number of halogens is 1. The summed E-state index contributed by atoms with van der Waals surface area (Å²) in [5.41, 5.74) is 1.26. The highest BCUT2D eigenvalue weighted by Crippen LogP contribution is 2.39. The molecule has 3 heterocycles. The minimum Gasteiger partial charge on any atom is -0.342 e. The summed E-state index contributed by atoms with van der Waals surface area (Å²) in [6.07, 6.45) is 2.63. The lowest BCUT2D eigenvalue weighted by Crippen LogP contribution is -2.40. The van der Waals surface area contributed by atoms with Crippen LogP contribution in [0.3, 0.4) is 0 Å². The van der Waals surface area contributed by atoms with Gasteiger partial charge >= 0.3 is 0 Å². The molecule has 8 heteroatoms. The molecule has 29 heavy (non-hydrogen) atoms. The molecule has 1 aromatic carbocycles. The van der Waals surface area contributed by atoms with Crippen LogP contribution in [0.4, 0.5) is 10.2 Å². The quantitative estimate of drug-likeness (QED) is 0.615. The second-order valence-electron chi connectivity index (χ2n) is 7.47. The highest BCUT2D eigenvalue weighted by molar-refractivity contribution is 5.97. The Bertz CT molecular complexity index is 1060. The van der Waals surface area contributed by atoms with Crippen molar-refractivity contribution in [2.45, 2.75) is 52.6 Å². The van der Waals surface area contributed by atoms with Crippen LogP contribution in [0.15, 0.2) is 30.5 Å². The van der Waals surface area contributed by atoms with Crippen LogP contribution in [0.1, 0.15) is 61.1 Å². The fourth-order valence-electron chi connectivity index (χ4n) is 3.86. The number of fused-ring (bicyclic) bond motifs is 3. The largest absolute Gasteiger partial charge is 0.342 e. The second kappa shape index (κ2) is 7.35. The van der Waals surface area contributed by atoms with E-state index < -0.39 is 0 Å². The van der Waals surface area contributed by atoms with E-state index in [1.54, 1.807) is 6.20 Å². The Kier molecular flexibility index (Phi) is 4.86. The van der Waals surface area contributed by atoms with Crippen molar-refractivity contribution in [3.05, 3.63) is 59.3 Å². The zero-order chi connectivity index (χ0) is 20.7. The molecule has 0 aliphatic carbocycles. The Morgan fingerprint density at radius 1 is 1.21 bits per heavy atom. The molecule has 0 fully saturated rings. The molecule has 1 atom stereocenters. The van der Waals surface area contributed by atoms with Crippen molar-refractivity contribution in [2.75, 3.05) is 4.90 Å². The average molecular weight is 394 g/mol. The topological polar surface area (TPSA) is 76.8 Å². The summed E-state index contributed by atoms with van der Waals surface area (Å²) in [6.45, 7) is 8.23. The number of anilines is 1. The minimum atomic E-state index is -0.370. The molecular formula is C21H23FN6O. The fraction of sp³-hybridized carbons (Fsp3) is 0.381. The van der Waals surface area contributed by atoms with E-state index in [0.717, 1.165) is 29.6 Å². The van der Waals surface area contributed by atoms with Gasteiger partial charge in [-0.25, -0.2) is 14.4 Å². The molecule has 0 bridgehead atoms. The first kappa shape index (κ1) is 19.2. The Morgan fingerprint density at radius 2 is 1.93 bits per heavy atom. The zero-order valence-electron chi connectivity index (χ0n) is 16.9. The summed E-state index contributed by atoms with van der Waals surface area (Å²) in [4.78, 5) is 24.0. The summed E-state index contributed by atoms with van der Waals surface area (Å²) in [6, 6.07) is 5.75. The van der Waals surface area contributed by atoms with Crippen LogP contribution in [-0.4, -0.2) is 36.6 Å². The van der Waals surface area contributed by atoms with Gasteiger partial charge in [-0.3, -0.25) is 9.36 Å². The van der Waals surface area contributed by atoms with Gasteiger partial charge in [0.05, 0.1) is 18.7 Å². The van der Waals surface area contributed by atoms with Crippen molar-refractivity contribution < 1.29 is 9.18 Å². The number of Topliss-reactive ketones (excluding diaryl/α,β-unsaturated/α-hetero) is 1. The first-order chi connectivity index (χ1) is 13.9. The minimum absolute atomic E-state index is 0.0410. The van der Waals surface area contributed by atoms with E-state index in [1.807, 2.05) is 11.5 Å². The van der Waals surface area contributed by atoms with Crippen LogP contribution >= 0.6 is 0 Å². The van der Waals surface area contributed by atoms with Crippen LogP contribution in [0.5, 0.6) is 0 Å². The molecule has 0 N–H and O–H groups in total. The third-order valence-corrected chi connectivity index (χ3v) is 5.20. The third kappa shape index (κ3) is 3.28. The molecule has 1 aliphatic rings. The number of hydrogen-bond acceptors (Lipinski definition) is 6. The maximum Gasteiger partial charge on any atom is 0.170 e. The van der Waals surface area contributed by atoms with Gasteiger partial charge in [0.1, 0.15) is 23.2 Å². The van der Waals surface area contributed by atoms with Gasteiger partial charge in [0, 0.05) is 11.6 Å². The lowest BCUT2D eigenvalue weighted by Gasteiger charge is -2.39. The highest BCUT2D eigenvalue weighted by Gasteiger charge is 2.36. The first-order valence-corrected chi connectivity index (χ1v) is 9.76. The van der Waals surface area contributed by atoms with Gasteiger partial charge in [0.15, 0.2) is 17.4 Å². The van der Waals surface area contributed by atoms with Crippen LogP contribution in [0.25, 0.3) is 5.69 Å². The normalized spacial score (nSPS) is 15.4. The smallest absolute Gasteiger partial charge is 0.170 e. The standard InChI is InChI=1S/C21H23FN6O/c1-5-16-21-26-25-13(4)28(21)17-11-23-19(24-20(17)27(16)12(2)3)10-18(29)14-6-8-15(22)9-7-14/h6-9,11-12,16H,5,10H2,1-4H3/t16-/m1/s1. The van der Waals surface area contributed by atoms with Crippen molar-refractivity contribution >= 4 is 11.6 Å². The average Bonchev–Trinajstić information content (AvgIpc) is 3.08. The number of aryl methyl sites for hydroxylation is 1. The van der Waals surface area contributed by atoms with Gasteiger partial charge < -0.3 is 4.90 Å².